The molecule has 0 radical (unpaired) electrons. The van der Waals surface area contributed by atoms with Crippen molar-refractivity contribution in [2.24, 2.45) is 5.92 Å². The van der Waals surface area contributed by atoms with Gasteiger partial charge in [-0.25, -0.2) is 9.18 Å². The van der Waals surface area contributed by atoms with Crippen LogP contribution in [-0.2, 0) is 4.79 Å². The van der Waals surface area contributed by atoms with Gasteiger partial charge in [0.2, 0.25) is 5.91 Å². The maximum atomic E-state index is 12.8. The lowest BCUT2D eigenvalue weighted by Gasteiger charge is -2.19. The molecule has 1 aromatic rings. The Balaban J connectivity index is 1.40. The van der Waals surface area contributed by atoms with Crippen molar-refractivity contribution < 1.29 is 14.0 Å². The third-order valence-corrected chi connectivity index (χ3v) is 5.20. The van der Waals surface area contributed by atoms with E-state index in [4.69, 9.17) is 0 Å². The summed E-state index contributed by atoms with van der Waals surface area (Å²) in [6.45, 7) is 2.04. The van der Waals surface area contributed by atoms with Crippen molar-refractivity contribution in [2.45, 2.75) is 12.5 Å². The monoisotopic (exact) mass is 352 g/mol. The van der Waals surface area contributed by atoms with Gasteiger partial charge in [-0.05, 0) is 36.6 Å². The van der Waals surface area contributed by atoms with Crippen LogP contribution in [0.5, 0.6) is 0 Å². The molecular weight excluding hydrogens is 331 g/mol. The average Bonchev–Trinajstić information content (AvgIpc) is 3.26. The first-order chi connectivity index (χ1) is 11.6. The van der Waals surface area contributed by atoms with E-state index in [1.165, 1.54) is 24.3 Å². The van der Waals surface area contributed by atoms with Crippen molar-refractivity contribution >= 4 is 29.4 Å². The number of hydrogen-bond acceptors (Lipinski definition) is 4. The van der Waals surface area contributed by atoms with Gasteiger partial charge in [-0.2, -0.15) is 0 Å². The fraction of sp³-hybridized carbons (Fsp3) is 0.500. The summed E-state index contributed by atoms with van der Waals surface area (Å²) in [5.41, 5.74) is 0.540. The topological polar surface area (TPSA) is 73.5 Å². The molecule has 1 aromatic carbocycles. The van der Waals surface area contributed by atoms with Gasteiger partial charge in [-0.3, -0.25) is 4.79 Å². The summed E-state index contributed by atoms with van der Waals surface area (Å²) in [5, 5.41) is 8.71. The molecule has 0 bridgehead atoms. The molecule has 2 atom stereocenters. The number of benzene rings is 1. The molecule has 2 saturated heterocycles. The number of carbonyl (C=O) groups excluding carboxylic acids is 2. The molecule has 2 aliphatic heterocycles. The number of anilines is 1. The Morgan fingerprint density at radius 2 is 2.12 bits per heavy atom. The van der Waals surface area contributed by atoms with Gasteiger partial charge in [0.15, 0.2) is 0 Å². The number of thioether (sulfide) groups is 1. The van der Waals surface area contributed by atoms with Crippen LogP contribution in [0.4, 0.5) is 14.9 Å². The highest BCUT2D eigenvalue weighted by atomic mass is 32.2. The van der Waals surface area contributed by atoms with Gasteiger partial charge in [0, 0.05) is 31.1 Å². The minimum absolute atomic E-state index is 0.143. The second kappa shape index (κ2) is 7.85. The van der Waals surface area contributed by atoms with E-state index in [2.05, 4.69) is 16.0 Å². The molecule has 2 aliphatic rings. The normalized spacial score (nSPS) is 23.3. The van der Waals surface area contributed by atoms with Crippen molar-refractivity contribution in [2.75, 3.05) is 36.6 Å². The fourth-order valence-corrected chi connectivity index (χ4v) is 3.86. The lowest BCUT2D eigenvalue weighted by atomic mass is 10.1. The summed E-state index contributed by atoms with van der Waals surface area (Å²) in [4.78, 5) is 26.1. The number of nitrogens with one attached hydrogen (secondary N) is 3. The van der Waals surface area contributed by atoms with Crippen LogP contribution in [0.2, 0.25) is 0 Å². The summed E-state index contributed by atoms with van der Waals surface area (Å²) in [6, 6.07) is 5.14. The second-order valence-electron chi connectivity index (χ2n) is 6.04. The van der Waals surface area contributed by atoms with Crippen LogP contribution in [-0.4, -0.2) is 54.1 Å². The van der Waals surface area contributed by atoms with Crippen LogP contribution in [0.1, 0.15) is 6.42 Å². The molecule has 3 amide bonds. The first-order valence-electron chi connectivity index (χ1n) is 8.02. The van der Waals surface area contributed by atoms with Gasteiger partial charge in [-0.15, -0.1) is 11.8 Å². The van der Waals surface area contributed by atoms with E-state index in [0.717, 1.165) is 24.6 Å². The molecule has 0 aliphatic carbocycles. The molecule has 0 spiro atoms. The zero-order valence-electron chi connectivity index (χ0n) is 13.3. The Bertz CT molecular complexity index is 592. The summed E-state index contributed by atoms with van der Waals surface area (Å²) in [7, 11) is 0. The predicted molar refractivity (Wildman–Crippen MR) is 92.4 cm³/mol. The number of rotatable bonds is 4. The van der Waals surface area contributed by atoms with Gasteiger partial charge in [0.1, 0.15) is 5.82 Å². The van der Waals surface area contributed by atoms with Crippen molar-refractivity contribution in [1.29, 1.82) is 0 Å². The number of carbonyl (C=O) groups is 2. The van der Waals surface area contributed by atoms with Crippen molar-refractivity contribution in [3.63, 3.8) is 0 Å². The maximum absolute atomic E-state index is 12.8. The summed E-state index contributed by atoms with van der Waals surface area (Å²) < 4.78 is 12.8. The summed E-state index contributed by atoms with van der Waals surface area (Å²) in [6.07, 6.45) is 0.733. The lowest BCUT2D eigenvalue weighted by molar-refractivity contribution is -0.131. The molecule has 2 unspecified atom stereocenters. The third-order valence-electron chi connectivity index (χ3n) is 4.24. The molecule has 24 heavy (non-hydrogen) atoms. The van der Waals surface area contributed by atoms with Crippen molar-refractivity contribution in [3.05, 3.63) is 30.1 Å². The Kier molecular flexibility index (Phi) is 5.57. The maximum Gasteiger partial charge on any atom is 0.319 e. The van der Waals surface area contributed by atoms with Gasteiger partial charge in [-0.1, -0.05) is 0 Å². The first kappa shape index (κ1) is 17.0. The van der Waals surface area contributed by atoms with E-state index in [1.807, 2.05) is 4.90 Å². The molecule has 3 rings (SSSR count). The van der Waals surface area contributed by atoms with E-state index in [0.29, 0.717) is 18.8 Å². The van der Waals surface area contributed by atoms with Crippen LogP contribution in [0.15, 0.2) is 24.3 Å². The lowest BCUT2D eigenvalue weighted by Crippen LogP contribution is -2.42. The van der Waals surface area contributed by atoms with Crippen LogP contribution in [0.3, 0.4) is 0 Å². The van der Waals surface area contributed by atoms with E-state index < -0.39 is 0 Å². The SMILES string of the molecule is O=C(NCC1CNC(C(=O)N2CCSC2)C1)Nc1ccc(F)cc1. The Hall–Kier alpha value is -1.80. The Morgan fingerprint density at radius 3 is 2.83 bits per heavy atom. The van der Waals surface area contributed by atoms with Gasteiger partial charge in [0.25, 0.3) is 0 Å². The minimum atomic E-state index is -0.343. The highest BCUT2D eigenvalue weighted by Crippen LogP contribution is 2.20. The third kappa shape index (κ3) is 4.39. The molecule has 3 N–H and O–H groups in total. The highest BCUT2D eigenvalue weighted by Gasteiger charge is 2.33. The zero-order valence-corrected chi connectivity index (χ0v) is 14.1. The molecule has 2 fully saturated rings. The smallest absolute Gasteiger partial charge is 0.319 e. The number of urea groups is 1. The Morgan fingerprint density at radius 1 is 1.33 bits per heavy atom. The van der Waals surface area contributed by atoms with Gasteiger partial charge < -0.3 is 20.9 Å². The quantitative estimate of drug-likeness (QED) is 0.767. The fourth-order valence-electron chi connectivity index (χ4n) is 2.91. The van der Waals surface area contributed by atoms with Crippen LogP contribution >= 0.6 is 11.8 Å². The van der Waals surface area contributed by atoms with Crippen LogP contribution < -0.4 is 16.0 Å². The predicted octanol–water partition coefficient (Wildman–Crippen LogP) is 1.46. The van der Waals surface area contributed by atoms with E-state index >= 15 is 0 Å². The number of nitrogens with zero attached hydrogens (tertiary/aromatic N) is 1. The van der Waals surface area contributed by atoms with Gasteiger partial charge >= 0.3 is 6.03 Å². The minimum Gasteiger partial charge on any atom is -0.338 e. The second-order valence-corrected chi connectivity index (χ2v) is 7.12. The molecule has 2 heterocycles. The molecule has 6 nitrogen and oxygen atoms in total. The van der Waals surface area contributed by atoms with Crippen LogP contribution in [0, 0.1) is 11.7 Å². The van der Waals surface area contributed by atoms with Crippen molar-refractivity contribution in [3.8, 4) is 0 Å². The molecular formula is C16H21FN4O2S. The van der Waals surface area contributed by atoms with E-state index in [1.54, 1.807) is 11.8 Å². The van der Waals surface area contributed by atoms with Gasteiger partial charge in [0.05, 0.1) is 11.9 Å². The molecule has 130 valence electrons. The first-order valence-corrected chi connectivity index (χ1v) is 9.17. The standard InChI is InChI=1S/C16H21FN4O2S/c17-12-1-3-13(4-2-12)20-16(23)19-9-11-7-14(18-8-11)15(22)21-5-6-24-10-21/h1-4,11,14,18H,5-10H2,(H2,19,20,23). The number of halogens is 1. The summed E-state index contributed by atoms with van der Waals surface area (Å²) >= 11 is 1.77. The van der Waals surface area contributed by atoms with Crippen LogP contribution in [0.25, 0.3) is 0 Å². The average molecular weight is 352 g/mol. The Labute approximate surface area is 144 Å². The highest BCUT2D eigenvalue weighted by molar-refractivity contribution is 7.99. The largest absolute Gasteiger partial charge is 0.338 e. The number of hydrogen-bond donors (Lipinski definition) is 3. The number of amides is 3. The summed E-state index contributed by atoms with van der Waals surface area (Å²) in [5.74, 6) is 1.84. The molecule has 8 heteroatoms. The molecule has 0 aromatic heterocycles. The zero-order chi connectivity index (χ0) is 16.9. The van der Waals surface area contributed by atoms with E-state index in [9.17, 15) is 14.0 Å². The van der Waals surface area contributed by atoms with Crippen molar-refractivity contribution in [1.82, 2.24) is 15.5 Å². The van der Waals surface area contributed by atoms with E-state index in [-0.39, 0.29) is 29.7 Å². The molecule has 0 saturated carbocycles.